The molecule has 0 saturated carbocycles. The zero-order valence-corrected chi connectivity index (χ0v) is 44.0. The lowest BCUT2D eigenvalue weighted by Crippen LogP contribution is -2.61. The molecule has 79 heavy (non-hydrogen) atoms. The monoisotopic (exact) mass is 1010 g/mol. The van der Waals surface area contributed by atoms with E-state index < -0.39 is 0 Å². The zero-order valence-electron chi connectivity index (χ0n) is 44.0. The zero-order chi connectivity index (χ0) is 51.7. The lowest BCUT2D eigenvalue weighted by molar-refractivity contribution is 0.686. The molecule has 4 nitrogen and oxygen atoms in total. The van der Waals surface area contributed by atoms with Crippen LogP contribution in [0.5, 0.6) is 0 Å². The van der Waals surface area contributed by atoms with Gasteiger partial charge in [-0.1, -0.05) is 152 Å². The Labute approximate surface area is 461 Å². The van der Waals surface area contributed by atoms with Gasteiger partial charge in [-0.3, -0.25) is 0 Å². The van der Waals surface area contributed by atoms with Crippen LogP contribution in [-0.2, 0) is 25.7 Å². The van der Waals surface area contributed by atoms with Crippen molar-refractivity contribution < 1.29 is 0 Å². The van der Waals surface area contributed by atoms with Gasteiger partial charge in [-0.25, -0.2) is 0 Å². The number of hydrogen-bond acceptors (Lipinski definition) is 2. The van der Waals surface area contributed by atoms with Crippen molar-refractivity contribution in [2.75, 3.05) is 9.80 Å². The van der Waals surface area contributed by atoms with Crippen LogP contribution in [0, 0.1) is 0 Å². The quantitative estimate of drug-likeness (QED) is 0.154. The first-order valence-corrected chi connectivity index (χ1v) is 28.6. The number of anilines is 6. The van der Waals surface area contributed by atoms with E-state index in [1.807, 2.05) is 0 Å². The first-order valence-electron chi connectivity index (χ1n) is 28.6. The molecule has 2 aliphatic heterocycles. The van der Waals surface area contributed by atoms with Crippen LogP contribution in [0.2, 0.25) is 0 Å². The fourth-order valence-electron chi connectivity index (χ4n) is 14.7. The summed E-state index contributed by atoms with van der Waals surface area (Å²) in [6.45, 7) is -0.0706. The third kappa shape index (κ3) is 6.75. The third-order valence-corrected chi connectivity index (χ3v) is 18.2. The van der Waals surface area contributed by atoms with E-state index in [1.165, 1.54) is 164 Å². The predicted octanol–water partition coefficient (Wildman–Crippen LogP) is 17.1. The molecule has 0 fully saturated rings. The summed E-state index contributed by atoms with van der Waals surface area (Å²) in [5.74, 6) is 0. The van der Waals surface area contributed by atoms with Gasteiger partial charge in [0.15, 0.2) is 0 Å². The Kier molecular flexibility index (Phi) is 9.98. The van der Waals surface area contributed by atoms with Crippen LogP contribution in [0.4, 0.5) is 34.1 Å². The summed E-state index contributed by atoms with van der Waals surface area (Å²) < 4.78 is 4.99. The van der Waals surface area contributed by atoms with Gasteiger partial charge in [0.1, 0.15) is 0 Å². The molecule has 0 spiro atoms. The lowest BCUT2D eigenvalue weighted by Gasteiger charge is -2.45. The maximum Gasteiger partial charge on any atom is 0.252 e. The van der Waals surface area contributed by atoms with Crippen molar-refractivity contribution in [2.24, 2.45) is 0 Å². The normalized spacial score (nSPS) is 14.4. The van der Waals surface area contributed by atoms with E-state index in [1.54, 1.807) is 0 Å². The molecule has 2 aromatic heterocycles. The molecular weight excluding hydrogens is 956 g/mol. The second-order valence-electron chi connectivity index (χ2n) is 22.5. The molecular formula is C74H55BN4. The maximum atomic E-state index is 2.68. The van der Waals surface area contributed by atoms with Gasteiger partial charge in [-0.2, -0.15) is 0 Å². The van der Waals surface area contributed by atoms with E-state index in [-0.39, 0.29) is 6.71 Å². The number of nitrogens with zero attached hydrogens (tertiary/aromatic N) is 4. The average Bonchev–Trinajstić information content (AvgIpc) is 3.94. The summed E-state index contributed by atoms with van der Waals surface area (Å²) in [6, 6.07) is 90.3. The van der Waals surface area contributed by atoms with Crippen molar-refractivity contribution >= 4 is 101 Å². The predicted molar refractivity (Wildman–Crippen MR) is 333 cm³/mol. The van der Waals surface area contributed by atoms with Crippen molar-refractivity contribution in [1.82, 2.24) is 9.13 Å². The highest BCUT2D eigenvalue weighted by Crippen LogP contribution is 2.51. The second kappa shape index (κ2) is 17.6. The van der Waals surface area contributed by atoms with Crippen LogP contribution >= 0.6 is 0 Å². The molecule has 0 bridgehead atoms. The molecule has 5 heteroatoms. The van der Waals surface area contributed by atoms with E-state index in [9.17, 15) is 0 Å². The van der Waals surface area contributed by atoms with E-state index in [2.05, 4.69) is 256 Å². The minimum absolute atomic E-state index is 0.0706. The number of benzene rings is 11. The number of fused-ring (bicyclic) bond motifs is 12. The molecule has 0 unspecified atom stereocenters. The minimum atomic E-state index is -0.0706. The number of aryl methyl sites for hydroxylation is 4. The number of para-hydroxylation sites is 4. The molecule has 17 rings (SSSR count). The van der Waals surface area contributed by atoms with Gasteiger partial charge < -0.3 is 18.9 Å². The summed E-state index contributed by atoms with van der Waals surface area (Å²) in [7, 11) is 0. The van der Waals surface area contributed by atoms with E-state index >= 15 is 0 Å². The van der Waals surface area contributed by atoms with E-state index in [0.717, 1.165) is 37.1 Å². The third-order valence-electron chi connectivity index (χ3n) is 18.2. The molecule has 11 aromatic carbocycles. The standard InChI is InChI=1S/C74H55BN4/c1-3-20-48(21-4-1)60-42-50-24-7-9-26-52(50)44-70(60)78-68-36-19-37-69-74(68)75(62-40-38-54(46-72(62)78)76-64-32-15-11-28-56(64)57-29-12-16-33-65(57)76)63-41-39-55(77-66-34-17-13-30-58(66)59-31-14-18-35-67(59)77)47-73(63)79(69)71-45-53-27-10-8-25-51(53)43-61(71)49-22-5-2-6-23-49/h1-6,11-23,28-47H,7-10,24-27H2. The summed E-state index contributed by atoms with van der Waals surface area (Å²) in [4.78, 5) is 5.36. The second-order valence-corrected chi connectivity index (χ2v) is 22.5. The van der Waals surface area contributed by atoms with Gasteiger partial charge in [0, 0.05) is 66.8 Å². The highest BCUT2D eigenvalue weighted by Gasteiger charge is 2.45. The Hall–Kier alpha value is -9.32. The Morgan fingerprint density at radius 1 is 0.278 bits per heavy atom. The molecule has 4 heterocycles. The molecule has 2 aliphatic carbocycles. The van der Waals surface area contributed by atoms with Gasteiger partial charge in [-0.05, 0) is 186 Å². The summed E-state index contributed by atoms with van der Waals surface area (Å²) in [5.41, 5.74) is 29.4. The van der Waals surface area contributed by atoms with Gasteiger partial charge in [0.2, 0.25) is 0 Å². The summed E-state index contributed by atoms with van der Waals surface area (Å²) >= 11 is 0. The van der Waals surface area contributed by atoms with Crippen molar-refractivity contribution in [3.8, 4) is 33.6 Å². The molecule has 13 aromatic rings. The Morgan fingerprint density at radius 2 is 0.633 bits per heavy atom. The molecule has 374 valence electrons. The van der Waals surface area contributed by atoms with Crippen LogP contribution in [0.1, 0.15) is 47.9 Å². The molecule has 4 aliphatic rings. The van der Waals surface area contributed by atoms with Crippen molar-refractivity contribution in [3.63, 3.8) is 0 Å². The fraction of sp³-hybridized carbons (Fsp3) is 0.108. The number of aromatic nitrogens is 2. The molecule has 0 radical (unpaired) electrons. The van der Waals surface area contributed by atoms with Gasteiger partial charge >= 0.3 is 0 Å². The topological polar surface area (TPSA) is 16.3 Å². The van der Waals surface area contributed by atoms with Gasteiger partial charge in [0.25, 0.3) is 6.71 Å². The van der Waals surface area contributed by atoms with Crippen LogP contribution in [0.3, 0.4) is 0 Å². The minimum Gasteiger partial charge on any atom is -0.311 e. The fourth-order valence-corrected chi connectivity index (χ4v) is 14.7. The maximum absolute atomic E-state index is 2.68. The lowest BCUT2D eigenvalue weighted by atomic mass is 9.33. The SMILES string of the molecule is c1ccc(-c2cc3c(cc2N2c4cc(-n5c6ccccc6c6ccccc65)ccc4B4c5ccc(-n6c7ccccc7c7ccccc76)cc5N(c5cc6c(cc5-c5ccccc5)CCCC6)c5cccc2c54)CCCC3)cc1. The van der Waals surface area contributed by atoms with Crippen molar-refractivity contribution in [3.05, 3.63) is 259 Å². The Balaban J connectivity index is 0.987. The van der Waals surface area contributed by atoms with Gasteiger partial charge in [-0.15, -0.1) is 0 Å². The molecule has 0 amide bonds. The van der Waals surface area contributed by atoms with Crippen molar-refractivity contribution in [2.45, 2.75) is 51.4 Å². The van der Waals surface area contributed by atoms with Crippen LogP contribution < -0.4 is 26.2 Å². The average molecular weight is 1010 g/mol. The highest BCUT2D eigenvalue weighted by atomic mass is 15.2. The Morgan fingerprint density at radius 3 is 1.03 bits per heavy atom. The smallest absolute Gasteiger partial charge is 0.252 e. The summed E-state index contributed by atoms with van der Waals surface area (Å²) in [5, 5.41) is 5.06. The number of hydrogen-bond donors (Lipinski definition) is 0. The first kappa shape index (κ1) is 44.8. The highest BCUT2D eigenvalue weighted by molar-refractivity contribution is 7.00. The van der Waals surface area contributed by atoms with E-state index in [4.69, 9.17) is 0 Å². The molecule has 0 N–H and O–H groups in total. The number of rotatable bonds is 6. The van der Waals surface area contributed by atoms with Crippen LogP contribution in [-0.4, -0.2) is 15.8 Å². The largest absolute Gasteiger partial charge is 0.311 e. The molecule has 0 saturated heterocycles. The van der Waals surface area contributed by atoms with Crippen LogP contribution in [0.15, 0.2) is 237 Å². The van der Waals surface area contributed by atoms with E-state index in [0.29, 0.717) is 0 Å². The first-order chi connectivity index (χ1) is 39.2. The molecule has 0 atom stereocenters. The Bertz CT molecular complexity index is 4250. The van der Waals surface area contributed by atoms with Crippen LogP contribution in [0.25, 0.3) is 77.2 Å². The van der Waals surface area contributed by atoms with Crippen molar-refractivity contribution in [1.29, 1.82) is 0 Å². The summed E-state index contributed by atoms with van der Waals surface area (Å²) in [6.07, 6.45) is 9.27. The van der Waals surface area contributed by atoms with Gasteiger partial charge in [0.05, 0.1) is 33.4 Å².